The van der Waals surface area contributed by atoms with E-state index in [2.05, 4.69) is 39.5 Å². The molecule has 32 heavy (non-hydrogen) atoms. The Morgan fingerprint density at radius 1 is 1.19 bits per heavy atom. The Balaban J connectivity index is 3.67. The molecule has 0 aromatic heterocycles. The van der Waals surface area contributed by atoms with Crippen LogP contribution < -0.4 is 0 Å². The van der Waals surface area contributed by atoms with E-state index in [4.69, 9.17) is 9.47 Å². The van der Waals surface area contributed by atoms with E-state index >= 15 is 0 Å². The molecule has 0 aromatic rings. The van der Waals surface area contributed by atoms with Crippen LogP contribution in [0, 0.1) is 28.6 Å². The van der Waals surface area contributed by atoms with Crippen LogP contribution in [0.5, 0.6) is 0 Å². The van der Waals surface area contributed by atoms with Crippen LogP contribution in [0.4, 0.5) is 0 Å². The van der Waals surface area contributed by atoms with Gasteiger partial charge in [0.25, 0.3) is 0 Å². The Hall–Kier alpha value is -1.52. The smallest absolute Gasteiger partial charge is 0.150 e. The second-order valence-corrected chi connectivity index (χ2v) is 10.4. The molecule has 0 aromatic carbocycles. The van der Waals surface area contributed by atoms with Crippen molar-refractivity contribution in [3.05, 3.63) is 36.0 Å². The number of ketones is 2. The van der Waals surface area contributed by atoms with Gasteiger partial charge >= 0.3 is 0 Å². The Kier molecular flexibility index (Phi) is 11.3. The third kappa shape index (κ3) is 6.29. The van der Waals surface area contributed by atoms with Gasteiger partial charge in [-0.25, -0.2) is 0 Å². The van der Waals surface area contributed by atoms with Crippen LogP contribution in [0.25, 0.3) is 0 Å². The Labute approximate surface area is 196 Å². The van der Waals surface area contributed by atoms with Crippen LogP contribution in [-0.2, 0) is 19.1 Å². The molecule has 0 aliphatic heterocycles. The second kappa shape index (κ2) is 12.6. The average molecular weight is 447 g/mol. The highest BCUT2D eigenvalue weighted by Crippen LogP contribution is 2.59. The monoisotopic (exact) mass is 446 g/mol. The van der Waals surface area contributed by atoms with Crippen molar-refractivity contribution >= 4 is 11.6 Å². The van der Waals surface area contributed by atoms with Gasteiger partial charge < -0.3 is 9.47 Å². The molecule has 1 fully saturated rings. The number of ether oxygens (including phenoxy) is 2. The minimum absolute atomic E-state index is 0.0424. The van der Waals surface area contributed by atoms with E-state index in [-0.39, 0.29) is 36.1 Å². The van der Waals surface area contributed by atoms with Crippen LogP contribution in [0.2, 0.25) is 0 Å². The van der Waals surface area contributed by atoms with Gasteiger partial charge in [0.1, 0.15) is 12.6 Å². The molecular formula is C28H46O4. The molecule has 4 nitrogen and oxygen atoms in total. The van der Waals surface area contributed by atoms with Crippen molar-refractivity contribution in [2.75, 3.05) is 20.5 Å². The molecule has 0 N–H and O–H groups in total. The van der Waals surface area contributed by atoms with Gasteiger partial charge in [-0.15, -0.1) is 6.58 Å². The standard InChI is InChI=1S/C28H46O4/c1-10-15-28(25(29)22(6)7)26(30)23(14-13-21(4)5)17-24(18-32-19-31-9)27(28,8)16-11-12-20(2)3/h10,12-13,22-24H,1,11,14-19H2,2-9H3/t23-,24-,27-,28-/m0/s1. The van der Waals surface area contributed by atoms with E-state index in [9.17, 15) is 9.59 Å². The zero-order valence-electron chi connectivity index (χ0n) is 21.8. The van der Waals surface area contributed by atoms with Crippen molar-refractivity contribution in [2.45, 2.75) is 80.6 Å². The fourth-order valence-electron chi connectivity index (χ4n) is 5.42. The SMILES string of the molecule is C=CC[C@]1(C(=O)C(C)C)C(=O)[C@@H](CC=C(C)C)C[C@@H](COCOC)[C@]1(C)CCC=C(C)C. The maximum atomic E-state index is 14.2. The van der Waals surface area contributed by atoms with E-state index < -0.39 is 10.8 Å². The number of methoxy groups -OCH3 is 1. The van der Waals surface area contributed by atoms with Crippen molar-refractivity contribution in [1.82, 2.24) is 0 Å². The molecule has 4 heteroatoms. The Bertz CT molecular complexity index is 709. The molecule has 0 amide bonds. The summed E-state index contributed by atoms with van der Waals surface area (Å²) in [7, 11) is 1.61. The van der Waals surface area contributed by atoms with Crippen LogP contribution in [0.15, 0.2) is 36.0 Å². The van der Waals surface area contributed by atoms with Gasteiger partial charge in [-0.3, -0.25) is 9.59 Å². The number of rotatable bonds is 13. The van der Waals surface area contributed by atoms with Crippen molar-refractivity contribution in [3.8, 4) is 0 Å². The molecule has 0 spiro atoms. The summed E-state index contributed by atoms with van der Waals surface area (Å²) in [5.41, 5.74) is 0.818. The topological polar surface area (TPSA) is 52.6 Å². The second-order valence-electron chi connectivity index (χ2n) is 10.4. The summed E-state index contributed by atoms with van der Waals surface area (Å²) in [5.74, 6) is -0.221. The van der Waals surface area contributed by atoms with E-state index in [1.165, 1.54) is 11.1 Å². The number of hydrogen-bond donors (Lipinski definition) is 0. The van der Waals surface area contributed by atoms with Crippen LogP contribution in [0.1, 0.15) is 80.6 Å². The zero-order valence-corrected chi connectivity index (χ0v) is 21.8. The van der Waals surface area contributed by atoms with Crippen molar-refractivity contribution < 1.29 is 19.1 Å². The first-order valence-corrected chi connectivity index (χ1v) is 12.0. The Morgan fingerprint density at radius 3 is 2.31 bits per heavy atom. The summed E-state index contributed by atoms with van der Waals surface area (Å²) in [6, 6.07) is 0. The first-order chi connectivity index (χ1) is 15.0. The molecular weight excluding hydrogens is 400 g/mol. The molecule has 0 heterocycles. The molecule has 0 unspecified atom stereocenters. The number of carbonyl (C=O) groups excluding carboxylic acids is 2. The fraction of sp³-hybridized carbons (Fsp3) is 0.714. The normalized spacial score (nSPS) is 27.8. The summed E-state index contributed by atoms with van der Waals surface area (Å²) in [6.07, 6.45) is 9.45. The van der Waals surface area contributed by atoms with Gasteiger partial charge in [-0.05, 0) is 71.1 Å². The number of allylic oxidation sites excluding steroid dienone is 5. The highest BCUT2D eigenvalue weighted by molar-refractivity contribution is 6.10. The van der Waals surface area contributed by atoms with Crippen molar-refractivity contribution in [2.24, 2.45) is 28.6 Å². The largest absolute Gasteiger partial charge is 0.359 e. The van der Waals surface area contributed by atoms with Gasteiger partial charge in [0.2, 0.25) is 0 Å². The van der Waals surface area contributed by atoms with Gasteiger partial charge in [0.15, 0.2) is 5.78 Å². The maximum absolute atomic E-state index is 14.2. The van der Waals surface area contributed by atoms with E-state index in [1.807, 2.05) is 27.7 Å². The lowest BCUT2D eigenvalue weighted by Crippen LogP contribution is -2.62. The lowest BCUT2D eigenvalue weighted by molar-refractivity contribution is -0.173. The van der Waals surface area contributed by atoms with Gasteiger partial charge in [0.05, 0.1) is 12.0 Å². The third-order valence-corrected chi connectivity index (χ3v) is 7.18. The minimum Gasteiger partial charge on any atom is -0.359 e. The minimum atomic E-state index is -1.09. The number of carbonyl (C=O) groups is 2. The highest BCUT2D eigenvalue weighted by atomic mass is 16.7. The summed E-state index contributed by atoms with van der Waals surface area (Å²) in [4.78, 5) is 28.1. The predicted octanol–water partition coefficient (Wildman–Crippen LogP) is 6.71. The number of hydrogen-bond acceptors (Lipinski definition) is 4. The molecule has 4 atom stereocenters. The molecule has 0 radical (unpaired) electrons. The first kappa shape index (κ1) is 28.5. The van der Waals surface area contributed by atoms with Crippen LogP contribution >= 0.6 is 0 Å². The summed E-state index contributed by atoms with van der Waals surface area (Å²) >= 11 is 0. The summed E-state index contributed by atoms with van der Waals surface area (Å²) in [5, 5.41) is 0. The molecule has 182 valence electrons. The first-order valence-electron chi connectivity index (χ1n) is 12.0. The van der Waals surface area contributed by atoms with Crippen LogP contribution in [0.3, 0.4) is 0 Å². The molecule has 0 bridgehead atoms. The Morgan fingerprint density at radius 2 is 1.81 bits per heavy atom. The fourth-order valence-corrected chi connectivity index (χ4v) is 5.42. The van der Waals surface area contributed by atoms with Gasteiger partial charge in [-0.2, -0.15) is 0 Å². The molecule has 1 saturated carbocycles. The summed E-state index contributed by atoms with van der Waals surface area (Å²) in [6.45, 7) is 18.9. The van der Waals surface area contributed by atoms with E-state index in [0.29, 0.717) is 19.4 Å². The van der Waals surface area contributed by atoms with E-state index in [0.717, 1.165) is 19.3 Å². The van der Waals surface area contributed by atoms with Gasteiger partial charge in [0, 0.05) is 18.9 Å². The zero-order chi connectivity index (χ0) is 24.5. The molecule has 1 aliphatic rings. The third-order valence-electron chi connectivity index (χ3n) is 7.18. The van der Waals surface area contributed by atoms with Gasteiger partial charge in [-0.1, -0.05) is 50.1 Å². The molecule has 1 aliphatic carbocycles. The number of Topliss-reactive ketones (excluding diaryl/α,β-unsaturated/α-hetero) is 2. The highest BCUT2D eigenvalue weighted by Gasteiger charge is 2.64. The quantitative estimate of drug-likeness (QED) is 0.137. The molecule has 0 saturated heterocycles. The summed E-state index contributed by atoms with van der Waals surface area (Å²) < 4.78 is 11.0. The average Bonchev–Trinajstić information content (AvgIpc) is 2.71. The lowest BCUT2D eigenvalue weighted by atomic mass is 9.44. The van der Waals surface area contributed by atoms with Crippen molar-refractivity contribution in [3.63, 3.8) is 0 Å². The lowest BCUT2D eigenvalue weighted by Gasteiger charge is -2.56. The molecule has 1 rings (SSSR count). The predicted molar refractivity (Wildman–Crippen MR) is 132 cm³/mol. The maximum Gasteiger partial charge on any atom is 0.150 e. The van der Waals surface area contributed by atoms with E-state index in [1.54, 1.807) is 13.2 Å². The van der Waals surface area contributed by atoms with Crippen LogP contribution in [-0.4, -0.2) is 32.1 Å². The van der Waals surface area contributed by atoms with Crippen molar-refractivity contribution in [1.29, 1.82) is 0 Å².